The molecule has 94 valence electrons. The maximum absolute atomic E-state index is 11.2. The molecular formula is C11H22N2O3. The van der Waals surface area contributed by atoms with Crippen molar-refractivity contribution < 1.29 is 14.7 Å². The van der Waals surface area contributed by atoms with Crippen molar-refractivity contribution in [2.75, 3.05) is 27.2 Å². The van der Waals surface area contributed by atoms with Crippen molar-refractivity contribution in [3.05, 3.63) is 0 Å². The van der Waals surface area contributed by atoms with Gasteiger partial charge in [0, 0.05) is 13.0 Å². The molecule has 2 N–H and O–H groups in total. The fourth-order valence-electron chi connectivity index (χ4n) is 1.33. The molecule has 0 saturated heterocycles. The summed E-state index contributed by atoms with van der Waals surface area (Å²) >= 11 is 0. The molecule has 0 saturated carbocycles. The van der Waals surface area contributed by atoms with Gasteiger partial charge in [-0.25, -0.2) is 0 Å². The fraction of sp³-hybridized carbons (Fsp3) is 0.818. The number of carboxylic acids is 1. The molecule has 0 heterocycles. The molecule has 0 atom stereocenters. The van der Waals surface area contributed by atoms with Crippen LogP contribution < -0.4 is 5.32 Å². The molecule has 5 heteroatoms. The zero-order valence-electron chi connectivity index (χ0n) is 10.2. The number of carbonyl (C=O) groups excluding carboxylic acids is 1. The van der Waals surface area contributed by atoms with Gasteiger partial charge in [-0.2, -0.15) is 0 Å². The Balaban J connectivity index is 3.20. The van der Waals surface area contributed by atoms with Gasteiger partial charge in [0.05, 0.1) is 6.54 Å². The van der Waals surface area contributed by atoms with Crippen LogP contribution in [-0.4, -0.2) is 49.1 Å². The maximum atomic E-state index is 11.2. The Kier molecular flexibility index (Phi) is 8.52. The number of rotatable bonds is 9. The Bertz CT molecular complexity index is 217. The lowest BCUT2D eigenvalue weighted by molar-refractivity contribution is -0.137. The van der Waals surface area contributed by atoms with E-state index in [1.54, 1.807) is 0 Å². The van der Waals surface area contributed by atoms with Gasteiger partial charge in [-0.3, -0.25) is 9.59 Å². The molecule has 5 nitrogen and oxygen atoms in total. The second kappa shape index (κ2) is 9.15. The first-order valence-corrected chi connectivity index (χ1v) is 5.65. The van der Waals surface area contributed by atoms with Crippen LogP contribution in [-0.2, 0) is 9.59 Å². The van der Waals surface area contributed by atoms with Gasteiger partial charge >= 0.3 is 5.97 Å². The highest BCUT2D eigenvalue weighted by molar-refractivity contribution is 5.77. The Morgan fingerprint density at radius 3 is 2.31 bits per heavy atom. The van der Waals surface area contributed by atoms with E-state index in [-0.39, 0.29) is 12.3 Å². The van der Waals surface area contributed by atoms with Gasteiger partial charge < -0.3 is 15.3 Å². The Morgan fingerprint density at radius 2 is 1.75 bits per heavy atom. The molecule has 0 aliphatic heterocycles. The summed E-state index contributed by atoms with van der Waals surface area (Å²) in [6.07, 6.45) is 3.76. The van der Waals surface area contributed by atoms with E-state index >= 15 is 0 Å². The van der Waals surface area contributed by atoms with E-state index < -0.39 is 5.97 Å². The van der Waals surface area contributed by atoms with Crippen molar-refractivity contribution >= 4 is 11.9 Å². The minimum Gasteiger partial charge on any atom is -0.481 e. The lowest BCUT2D eigenvalue weighted by atomic mass is 10.1. The molecule has 0 rings (SSSR count). The Labute approximate surface area is 96.8 Å². The highest BCUT2D eigenvalue weighted by Gasteiger charge is 2.01. The molecule has 0 bridgehead atoms. The predicted octanol–water partition coefficient (Wildman–Crippen LogP) is 0.699. The van der Waals surface area contributed by atoms with Gasteiger partial charge in [0.1, 0.15) is 0 Å². The molecule has 16 heavy (non-hydrogen) atoms. The van der Waals surface area contributed by atoms with E-state index in [1.807, 2.05) is 19.0 Å². The average Bonchev–Trinajstić information content (AvgIpc) is 2.14. The monoisotopic (exact) mass is 230 g/mol. The standard InChI is InChI=1S/C11H22N2O3/c1-13(2)9-10(14)12-8-6-4-3-5-7-11(15)16/h3-9H2,1-2H3,(H,12,14)(H,15,16). The van der Waals surface area contributed by atoms with Gasteiger partial charge in [0.2, 0.25) is 5.91 Å². The number of nitrogens with one attached hydrogen (secondary N) is 1. The SMILES string of the molecule is CN(C)CC(=O)NCCCCCCC(=O)O. The van der Waals surface area contributed by atoms with Crippen molar-refractivity contribution in [3.63, 3.8) is 0 Å². The van der Waals surface area contributed by atoms with Gasteiger partial charge in [-0.1, -0.05) is 12.8 Å². The van der Waals surface area contributed by atoms with Crippen LogP contribution in [0.3, 0.4) is 0 Å². The van der Waals surface area contributed by atoms with Gasteiger partial charge in [-0.05, 0) is 26.9 Å². The van der Waals surface area contributed by atoms with Crippen LogP contribution in [0.1, 0.15) is 32.1 Å². The lowest BCUT2D eigenvalue weighted by Crippen LogP contribution is -2.33. The number of carbonyl (C=O) groups is 2. The summed E-state index contributed by atoms with van der Waals surface area (Å²) < 4.78 is 0. The number of amides is 1. The summed E-state index contributed by atoms with van der Waals surface area (Å²) in [6.45, 7) is 1.10. The molecule has 0 radical (unpaired) electrons. The zero-order chi connectivity index (χ0) is 12.4. The van der Waals surface area contributed by atoms with E-state index in [9.17, 15) is 9.59 Å². The third-order valence-electron chi connectivity index (χ3n) is 2.10. The third-order valence-corrected chi connectivity index (χ3v) is 2.10. The molecule has 0 aliphatic rings. The molecule has 0 aliphatic carbocycles. The normalized spacial score (nSPS) is 10.4. The molecular weight excluding hydrogens is 208 g/mol. The predicted molar refractivity (Wildman–Crippen MR) is 62.3 cm³/mol. The van der Waals surface area contributed by atoms with Crippen LogP contribution in [0, 0.1) is 0 Å². The van der Waals surface area contributed by atoms with Crippen LogP contribution in [0.2, 0.25) is 0 Å². The fourth-order valence-corrected chi connectivity index (χ4v) is 1.33. The minimum absolute atomic E-state index is 0.0375. The van der Waals surface area contributed by atoms with Gasteiger partial charge in [0.25, 0.3) is 0 Å². The van der Waals surface area contributed by atoms with E-state index in [4.69, 9.17) is 5.11 Å². The maximum Gasteiger partial charge on any atom is 0.303 e. The van der Waals surface area contributed by atoms with E-state index in [0.717, 1.165) is 25.7 Å². The molecule has 0 aromatic rings. The van der Waals surface area contributed by atoms with Crippen molar-refractivity contribution in [2.45, 2.75) is 32.1 Å². The summed E-state index contributed by atoms with van der Waals surface area (Å²) in [5.74, 6) is -0.699. The topological polar surface area (TPSA) is 69.6 Å². The summed E-state index contributed by atoms with van der Waals surface area (Å²) in [7, 11) is 3.71. The highest BCUT2D eigenvalue weighted by Crippen LogP contribution is 2.01. The number of nitrogens with zero attached hydrogens (tertiary/aromatic N) is 1. The molecule has 0 aromatic heterocycles. The first-order valence-electron chi connectivity index (χ1n) is 5.65. The summed E-state index contributed by atoms with van der Waals surface area (Å²) in [4.78, 5) is 23.2. The Hall–Kier alpha value is -1.10. The van der Waals surface area contributed by atoms with Crippen LogP contribution >= 0.6 is 0 Å². The van der Waals surface area contributed by atoms with Crippen molar-refractivity contribution in [1.29, 1.82) is 0 Å². The smallest absolute Gasteiger partial charge is 0.303 e. The second-order valence-corrected chi connectivity index (χ2v) is 4.15. The quantitative estimate of drug-likeness (QED) is 0.572. The Morgan fingerprint density at radius 1 is 1.12 bits per heavy atom. The van der Waals surface area contributed by atoms with Crippen molar-refractivity contribution in [2.24, 2.45) is 0 Å². The van der Waals surface area contributed by atoms with Crippen molar-refractivity contribution in [3.8, 4) is 0 Å². The first kappa shape index (κ1) is 14.9. The van der Waals surface area contributed by atoms with Gasteiger partial charge in [0.15, 0.2) is 0 Å². The van der Waals surface area contributed by atoms with Crippen LogP contribution in [0.4, 0.5) is 0 Å². The largest absolute Gasteiger partial charge is 0.481 e. The van der Waals surface area contributed by atoms with Crippen LogP contribution in [0.15, 0.2) is 0 Å². The number of aliphatic carboxylic acids is 1. The molecule has 0 spiro atoms. The summed E-state index contributed by atoms with van der Waals surface area (Å²) in [6, 6.07) is 0. The van der Waals surface area contributed by atoms with E-state index in [2.05, 4.69) is 5.32 Å². The van der Waals surface area contributed by atoms with E-state index in [1.165, 1.54) is 0 Å². The molecule has 0 aromatic carbocycles. The molecule has 0 fully saturated rings. The number of carboxylic acid groups (broad SMARTS) is 1. The van der Waals surface area contributed by atoms with E-state index in [0.29, 0.717) is 13.1 Å². The minimum atomic E-state index is -0.737. The molecule has 0 unspecified atom stereocenters. The number of likely N-dealkylation sites (N-methyl/N-ethyl adjacent to an activating group) is 1. The average molecular weight is 230 g/mol. The number of hydrogen-bond acceptors (Lipinski definition) is 3. The number of unbranched alkanes of at least 4 members (excludes halogenated alkanes) is 3. The van der Waals surface area contributed by atoms with Crippen molar-refractivity contribution in [1.82, 2.24) is 10.2 Å². The third kappa shape index (κ3) is 11.0. The highest BCUT2D eigenvalue weighted by atomic mass is 16.4. The van der Waals surface area contributed by atoms with Gasteiger partial charge in [-0.15, -0.1) is 0 Å². The number of hydrogen-bond donors (Lipinski definition) is 2. The summed E-state index contributed by atoms with van der Waals surface area (Å²) in [5.41, 5.74) is 0. The first-order chi connectivity index (χ1) is 7.52. The second-order valence-electron chi connectivity index (χ2n) is 4.15. The summed E-state index contributed by atoms with van der Waals surface area (Å²) in [5, 5.41) is 11.2. The zero-order valence-corrected chi connectivity index (χ0v) is 10.2. The molecule has 1 amide bonds. The van der Waals surface area contributed by atoms with Crippen LogP contribution in [0.5, 0.6) is 0 Å². The van der Waals surface area contributed by atoms with Crippen LogP contribution in [0.25, 0.3) is 0 Å². The lowest BCUT2D eigenvalue weighted by Gasteiger charge is -2.09.